The van der Waals surface area contributed by atoms with Gasteiger partial charge in [0, 0.05) is 18.8 Å². The number of anilines is 1. The first-order valence-corrected chi connectivity index (χ1v) is 5.53. The molecule has 1 aromatic rings. The van der Waals surface area contributed by atoms with Gasteiger partial charge in [0.15, 0.2) is 0 Å². The molecule has 1 aliphatic heterocycles. The smallest absolute Gasteiger partial charge is 0.259 e. The number of aliphatic hydroxyl groups excluding tert-OH is 1. The van der Waals surface area contributed by atoms with Crippen LogP contribution in [0.2, 0.25) is 0 Å². The van der Waals surface area contributed by atoms with Crippen LogP contribution in [0.5, 0.6) is 5.75 Å². The van der Waals surface area contributed by atoms with Gasteiger partial charge in [0.1, 0.15) is 11.3 Å². The predicted molar refractivity (Wildman–Crippen MR) is 63.9 cm³/mol. The Morgan fingerprint density at radius 3 is 2.94 bits per heavy atom. The van der Waals surface area contributed by atoms with E-state index in [1.165, 1.54) is 7.11 Å². The number of methoxy groups -OCH3 is 1. The quantitative estimate of drug-likeness (QED) is 0.732. The van der Waals surface area contributed by atoms with Crippen molar-refractivity contribution in [1.29, 1.82) is 0 Å². The molecule has 0 aliphatic carbocycles. The normalized spacial score (nSPS) is 19.4. The third-order valence-corrected chi connectivity index (χ3v) is 2.94. The minimum Gasteiger partial charge on any atom is -0.496 e. The van der Waals surface area contributed by atoms with Gasteiger partial charge >= 0.3 is 0 Å². The Morgan fingerprint density at radius 1 is 1.59 bits per heavy atom. The van der Waals surface area contributed by atoms with Crippen LogP contribution in [0.3, 0.4) is 0 Å². The zero-order valence-electron chi connectivity index (χ0n) is 9.72. The second-order valence-electron chi connectivity index (χ2n) is 4.12. The average Bonchev–Trinajstić information content (AvgIpc) is 2.74. The van der Waals surface area contributed by atoms with Crippen LogP contribution in [-0.2, 0) is 0 Å². The SMILES string of the molecule is COc1cccc(N)c1C(=O)N1CC[C@H](O)C1. The summed E-state index contributed by atoms with van der Waals surface area (Å²) < 4.78 is 5.14. The molecule has 1 atom stereocenters. The number of ether oxygens (including phenoxy) is 1. The molecule has 1 fully saturated rings. The first-order valence-electron chi connectivity index (χ1n) is 5.53. The number of likely N-dealkylation sites (tertiary alicyclic amines) is 1. The van der Waals surface area contributed by atoms with Crippen molar-refractivity contribution in [2.24, 2.45) is 0 Å². The standard InChI is InChI=1S/C12H16N2O3/c1-17-10-4-2-3-9(13)11(10)12(16)14-6-5-8(15)7-14/h2-4,8,15H,5-7,13H2,1H3/t8-/m0/s1. The molecule has 1 heterocycles. The van der Waals surface area contributed by atoms with Crippen molar-refractivity contribution >= 4 is 11.6 Å². The molecule has 5 nitrogen and oxygen atoms in total. The van der Waals surface area contributed by atoms with E-state index >= 15 is 0 Å². The summed E-state index contributed by atoms with van der Waals surface area (Å²) in [6.07, 6.45) is 0.177. The number of carbonyl (C=O) groups excluding carboxylic acids is 1. The van der Waals surface area contributed by atoms with Crippen LogP contribution in [-0.4, -0.2) is 42.2 Å². The summed E-state index contributed by atoms with van der Waals surface area (Å²) in [4.78, 5) is 13.8. The Labute approximate surface area is 99.8 Å². The van der Waals surface area contributed by atoms with Gasteiger partial charge in [-0.3, -0.25) is 4.79 Å². The van der Waals surface area contributed by atoms with E-state index in [0.29, 0.717) is 36.5 Å². The summed E-state index contributed by atoms with van der Waals surface area (Å²) in [6.45, 7) is 0.911. The molecule has 5 heteroatoms. The van der Waals surface area contributed by atoms with E-state index in [-0.39, 0.29) is 5.91 Å². The number of amides is 1. The van der Waals surface area contributed by atoms with Gasteiger partial charge in [-0.05, 0) is 18.6 Å². The van der Waals surface area contributed by atoms with Crippen LogP contribution in [0.25, 0.3) is 0 Å². The molecule has 0 bridgehead atoms. The number of carbonyl (C=O) groups is 1. The highest BCUT2D eigenvalue weighted by molar-refractivity contribution is 6.02. The lowest BCUT2D eigenvalue weighted by atomic mass is 10.1. The highest BCUT2D eigenvalue weighted by atomic mass is 16.5. The number of nitrogens with zero attached hydrogens (tertiary/aromatic N) is 1. The van der Waals surface area contributed by atoms with Gasteiger partial charge in [-0.1, -0.05) is 6.07 Å². The van der Waals surface area contributed by atoms with Crippen LogP contribution in [0.1, 0.15) is 16.8 Å². The molecular formula is C12H16N2O3. The zero-order chi connectivity index (χ0) is 12.4. The molecule has 1 saturated heterocycles. The molecule has 1 aromatic carbocycles. The van der Waals surface area contributed by atoms with Gasteiger partial charge in [0.25, 0.3) is 5.91 Å². The molecule has 0 unspecified atom stereocenters. The molecule has 2 rings (SSSR count). The molecule has 92 valence electrons. The Hall–Kier alpha value is -1.75. The maximum absolute atomic E-state index is 12.2. The second-order valence-corrected chi connectivity index (χ2v) is 4.12. The fourth-order valence-electron chi connectivity index (χ4n) is 2.03. The fourth-order valence-corrected chi connectivity index (χ4v) is 2.03. The van der Waals surface area contributed by atoms with Crippen LogP contribution in [0, 0.1) is 0 Å². The number of nitrogen functional groups attached to an aromatic ring is 1. The Bertz CT molecular complexity index is 434. The van der Waals surface area contributed by atoms with Gasteiger partial charge in [-0.2, -0.15) is 0 Å². The van der Waals surface area contributed by atoms with E-state index < -0.39 is 6.10 Å². The van der Waals surface area contributed by atoms with Gasteiger partial charge in [-0.25, -0.2) is 0 Å². The lowest BCUT2D eigenvalue weighted by Crippen LogP contribution is -2.30. The highest BCUT2D eigenvalue weighted by Crippen LogP contribution is 2.27. The van der Waals surface area contributed by atoms with E-state index in [1.807, 2.05) is 0 Å². The van der Waals surface area contributed by atoms with Crippen LogP contribution >= 0.6 is 0 Å². The van der Waals surface area contributed by atoms with Crippen molar-refractivity contribution in [3.05, 3.63) is 23.8 Å². The van der Waals surface area contributed by atoms with Crippen molar-refractivity contribution in [3.8, 4) is 5.75 Å². The molecule has 0 saturated carbocycles. The largest absolute Gasteiger partial charge is 0.496 e. The number of benzene rings is 1. The topological polar surface area (TPSA) is 75.8 Å². The van der Waals surface area contributed by atoms with Crippen molar-refractivity contribution in [2.75, 3.05) is 25.9 Å². The number of hydrogen-bond donors (Lipinski definition) is 2. The van der Waals surface area contributed by atoms with E-state index in [2.05, 4.69) is 0 Å². The summed E-state index contributed by atoms with van der Waals surface area (Å²) in [7, 11) is 1.50. The zero-order valence-corrected chi connectivity index (χ0v) is 9.72. The summed E-state index contributed by atoms with van der Waals surface area (Å²) in [5.41, 5.74) is 6.59. The first kappa shape index (κ1) is 11.7. The Kier molecular flexibility index (Phi) is 3.19. The number of hydrogen-bond acceptors (Lipinski definition) is 4. The maximum atomic E-state index is 12.2. The van der Waals surface area contributed by atoms with Crippen molar-refractivity contribution in [2.45, 2.75) is 12.5 Å². The molecule has 1 amide bonds. The molecular weight excluding hydrogens is 220 g/mol. The number of β-amino-alcohol motifs (C(OH)–C–C–N with tert-alkyl or cyclic N) is 1. The second kappa shape index (κ2) is 4.63. The molecule has 1 aliphatic rings. The van der Waals surface area contributed by atoms with Crippen LogP contribution in [0.4, 0.5) is 5.69 Å². The number of rotatable bonds is 2. The highest BCUT2D eigenvalue weighted by Gasteiger charge is 2.28. The van der Waals surface area contributed by atoms with Gasteiger partial charge in [-0.15, -0.1) is 0 Å². The van der Waals surface area contributed by atoms with Gasteiger partial charge in [0.2, 0.25) is 0 Å². The van der Waals surface area contributed by atoms with Crippen molar-refractivity contribution in [3.63, 3.8) is 0 Å². The summed E-state index contributed by atoms with van der Waals surface area (Å²) in [5, 5.41) is 9.43. The monoisotopic (exact) mass is 236 g/mol. The molecule has 0 spiro atoms. The van der Waals surface area contributed by atoms with Crippen molar-refractivity contribution in [1.82, 2.24) is 4.90 Å². The first-order chi connectivity index (χ1) is 8.13. The third-order valence-electron chi connectivity index (χ3n) is 2.94. The van der Waals surface area contributed by atoms with E-state index in [4.69, 9.17) is 10.5 Å². The molecule has 0 radical (unpaired) electrons. The van der Waals surface area contributed by atoms with E-state index in [9.17, 15) is 9.90 Å². The molecule has 17 heavy (non-hydrogen) atoms. The summed E-state index contributed by atoms with van der Waals surface area (Å²) >= 11 is 0. The lowest BCUT2D eigenvalue weighted by Gasteiger charge is -2.18. The maximum Gasteiger partial charge on any atom is 0.259 e. The molecule has 0 aromatic heterocycles. The van der Waals surface area contributed by atoms with Crippen molar-refractivity contribution < 1.29 is 14.6 Å². The van der Waals surface area contributed by atoms with E-state index in [0.717, 1.165) is 0 Å². The third kappa shape index (κ3) is 2.19. The predicted octanol–water partition coefficient (Wildman–Crippen LogP) is 0.484. The van der Waals surface area contributed by atoms with Crippen LogP contribution < -0.4 is 10.5 Å². The van der Waals surface area contributed by atoms with Crippen LogP contribution in [0.15, 0.2) is 18.2 Å². The average molecular weight is 236 g/mol. The lowest BCUT2D eigenvalue weighted by molar-refractivity contribution is 0.0762. The number of nitrogens with two attached hydrogens (primary N) is 1. The van der Waals surface area contributed by atoms with Gasteiger partial charge < -0.3 is 20.5 Å². The number of aliphatic hydroxyl groups is 1. The van der Waals surface area contributed by atoms with Gasteiger partial charge in [0.05, 0.1) is 13.2 Å². The minimum atomic E-state index is -0.435. The fraction of sp³-hybridized carbons (Fsp3) is 0.417. The Morgan fingerprint density at radius 2 is 2.35 bits per heavy atom. The van der Waals surface area contributed by atoms with E-state index in [1.54, 1.807) is 23.1 Å². The molecule has 3 N–H and O–H groups in total. The summed E-state index contributed by atoms with van der Waals surface area (Å²) in [6, 6.07) is 5.11. The minimum absolute atomic E-state index is 0.184. The summed E-state index contributed by atoms with van der Waals surface area (Å²) in [5.74, 6) is 0.285. The Balaban J connectivity index is 2.30.